The van der Waals surface area contributed by atoms with Crippen LogP contribution in [0, 0.1) is 23.0 Å². The Kier molecular flexibility index (Phi) is 5.78. The fourth-order valence-electron chi connectivity index (χ4n) is 3.07. The second-order valence-electron chi connectivity index (χ2n) is 7.30. The smallest absolute Gasteiger partial charge is 0.339 e. The van der Waals surface area contributed by atoms with Gasteiger partial charge in [-0.3, -0.25) is 10.1 Å². The van der Waals surface area contributed by atoms with Crippen LogP contribution in [0.15, 0.2) is 51.7 Å². The van der Waals surface area contributed by atoms with E-state index in [0.717, 1.165) is 28.5 Å². The van der Waals surface area contributed by atoms with E-state index in [1.165, 1.54) is 12.1 Å². The summed E-state index contributed by atoms with van der Waals surface area (Å²) in [4.78, 5) is 22.7. The van der Waals surface area contributed by atoms with Crippen LogP contribution in [-0.2, 0) is 13.0 Å². The molecule has 28 heavy (non-hydrogen) atoms. The van der Waals surface area contributed by atoms with E-state index in [9.17, 15) is 14.9 Å². The molecule has 0 radical (unpaired) electrons. The minimum absolute atomic E-state index is 0.0416. The Hall–Kier alpha value is -3.15. The van der Waals surface area contributed by atoms with Crippen LogP contribution < -0.4 is 10.4 Å². The Balaban J connectivity index is 1.79. The first-order chi connectivity index (χ1) is 13.3. The van der Waals surface area contributed by atoms with E-state index >= 15 is 0 Å². The Bertz CT molecular complexity index is 1050. The number of nitro groups is 1. The maximum absolute atomic E-state index is 12.4. The molecule has 0 N–H and O–H groups in total. The van der Waals surface area contributed by atoms with Crippen molar-refractivity contribution in [2.45, 2.75) is 40.2 Å². The van der Waals surface area contributed by atoms with Crippen LogP contribution in [0.1, 0.15) is 37.0 Å². The first kappa shape index (κ1) is 19.6. The zero-order chi connectivity index (χ0) is 20.3. The van der Waals surface area contributed by atoms with E-state index < -0.39 is 4.92 Å². The number of hydrogen-bond donors (Lipinski definition) is 0. The quantitative estimate of drug-likeness (QED) is 0.320. The Morgan fingerprint density at radius 1 is 1.14 bits per heavy atom. The van der Waals surface area contributed by atoms with Crippen LogP contribution in [-0.4, -0.2) is 4.92 Å². The predicted molar refractivity (Wildman–Crippen MR) is 108 cm³/mol. The van der Waals surface area contributed by atoms with Gasteiger partial charge in [-0.15, -0.1) is 0 Å². The standard InChI is InChI=1S/C22H23NO5/c1-14(2)4-10-20-15(3)19-11-9-18(12-21(19)28-22(20)24)27-13-16-5-7-17(8-6-16)23(25)26/h5-9,11-12,14H,4,10,13H2,1-3H3. The van der Waals surface area contributed by atoms with Gasteiger partial charge in [0.2, 0.25) is 0 Å². The summed E-state index contributed by atoms with van der Waals surface area (Å²) in [7, 11) is 0. The Morgan fingerprint density at radius 2 is 1.86 bits per heavy atom. The average Bonchev–Trinajstić information content (AvgIpc) is 2.66. The number of nitrogens with zero attached hydrogens (tertiary/aromatic N) is 1. The van der Waals surface area contributed by atoms with Crippen molar-refractivity contribution in [3.05, 3.63) is 79.7 Å². The molecule has 0 atom stereocenters. The maximum atomic E-state index is 12.4. The first-order valence-electron chi connectivity index (χ1n) is 9.27. The summed E-state index contributed by atoms with van der Waals surface area (Å²) in [5.41, 5.74) is 2.75. The zero-order valence-corrected chi connectivity index (χ0v) is 16.2. The molecule has 0 bridgehead atoms. The fraction of sp³-hybridized carbons (Fsp3) is 0.318. The lowest BCUT2D eigenvalue weighted by Gasteiger charge is -2.11. The van der Waals surface area contributed by atoms with Crippen LogP contribution in [0.2, 0.25) is 0 Å². The summed E-state index contributed by atoms with van der Waals surface area (Å²) in [6, 6.07) is 11.7. The summed E-state index contributed by atoms with van der Waals surface area (Å²) in [6.07, 6.45) is 1.65. The zero-order valence-electron chi connectivity index (χ0n) is 16.2. The van der Waals surface area contributed by atoms with Gasteiger partial charge in [0, 0.05) is 29.1 Å². The summed E-state index contributed by atoms with van der Waals surface area (Å²) in [5, 5.41) is 11.6. The second-order valence-corrected chi connectivity index (χ2v) is 7.30. The third-order valence-electron chi connectivity index (χ3n) is 4.78. The van der Waals surface area contributed by atoms with Gasteiger partial charge in [-0.05, 0) is 61.1 Å². The summed E-state index contributed by atoms with van der Waals surface area (Å²) in [6.45, 7) is 6.48. The number of rotatable bonds is 7. The van der Waals surface area contributed by atoms with Crippen LogP contribution in [0.5, 0.6) is 5.75 Å². The molecule has 6 nitrogen and oxygen atoms in total. The van der Waals surface area contributed by atoms with Crippen molar-refractivity contribution < 1.29 is 14.1 Å². The van der Waals surface area contributed by atoms with Gasteiger partial charge in [0.1, 0.15) is 17.9 Å². The molecule has 0 saturated heterocycles. The second kappa shape index (κ2) is 8.25. The highest BCUT2D eigenvalue weighted by molar-refractivity contribution is 5.82. The molecule has 0 spiro atoms. The van der Waals surface area contributed by atoms with Crippen molar-refractivity contribution in [2.24, 2.45) is 5.92 Å². The van der Waals surface area contributed by atoms with Crippen molar-refractivity contribution >= 4 is 16.7 Å². The van der Waals surface area contributed by atoms with Gasteiger partial charge in [-0.1, -0.05) is 13.8 Å². The molecule has 2 aromatic carbocycles. The molecule has 1 heterocycles. The van der Waals surface area contributed by atoms with Crippen molar-refractivity contribution in [3.8, 4) is 5.75 Å². The highest BCUT2D eigenvalue weighted by atomic mass is 16.6. The fourth-order valence-corrected chi connectivity index (χ4v) is 3.07. The van der Waals surface area contributed by atoms with E-state index in [4.69, 9.17) is 9.15 Å². The molecule has 0 saturated carbocycles. The van der Waals surface area contributed by atoms with Gasteiger partial charge in [0.15, 0.2) is 0 Å². The van der Waals surface area contributed by atoms with Crippen LogP contribution in [0.3, 0.4) is 0 Å². The van der Waals surface area contributed by atoms with Crippen LogP contribution in [0.25, 0.3) is 11.0 Å². The lowest BCUT2D eigenvalue weighted by atomic mass is 9.98. The number of aryl methyl sites for hydroxylation is 1. The Labute approximate surface area is 162 Å². The normalized spacial score (nSPS) is 11.1. The van der Waals surface area contributed by atoms with Crippen molar-refractivity contribution in [1.29, 1.82) is 0 Å². The summed E-state index contributed by atoms with van der Waals surface area (Å²) >= 11 is 0. The number of non-ortho nitro benzene ring substituents is 1. The molecule has 1 aromatic heterocycles. The number of ether oxygens (including phenoxy) is 1. The average molecular weight is 381 g/mol. The van der Waals surface area contributed by atoms with Gasteiger partial charge in [-0.25, -0.2) is 4.79 Å². The molecule has 0 aliphatic heterocycles. The third kappa shape index (κ3) is 4.39. The third-order valence-corrected chi connectivity index (χ3v) is 4.78. The largest absolute Gasteiger partial charge is 0.489 e. The van der Waals surface area contributed by atoms with E-state index in [0.29, 0.717) is 23.7 Å². The molecule has 0 amide bonds. The molecule has 6 heteroatoms. The molecule has 3 aromatic rings. The van der Waals surface area contributed by atoms with Crippen LogP contribution >= 0.6 is 0 Å². The van der Waals surface area contributed by atoms with Crippen LogP contribution in [0.4, 0.5) is 5.69 Å². The van der Waals surface area contributed by atoms with Crippen molar-refractivity contribution in [3.63, 3.8) is 0 Å². The Morgan fingerprint density at radius 3 is 2.50 bits per heavy atom. The molecule has 146 valence electrons. The molecular weight excluding hydrogens is 358 g/mol. The molecule has 0 unspecified atom stereocenters. The van der Waals surface area contributed by atoms with E-state index in [1.54, 1.807) is 18.2 Å². The minimum Gasteiger partial charge on any atom is -0.489 e. The first-order valence-corrected chi connectivity index (χ1v) is 9.27. The highest BCUT2D eigenvalue weighted by Crippen LogP contribution is 2.26. The molecule has 0 aliphatic carbocycles. The van der Waals surface area contributed by atoms with E-state index in [-0.39, 0.29) is 17.9 Å². The number of hydrogen-bond acceptors (Lipinski definition) is 5. The summed E-state index contributed by atoms with van der Waals surface area (Å²) < 4.78 is 11.3. The number of nitro benzene ring substituents is 1. The van der Waals surface area contributed by atoms with Crippen molar-refractivity contribution in [2.75, 3.05) is 0 Å². The maximum Gasteiger partial charge on any atom is 0.339 e. The summed E-state index contributed by atoms with van der Waals surface area (Å²) in [5.74, 6) is 1.09. The van der Waals surface area contributed by atoms with Crippen molar-refractivity contribution in [1.82, 2.24) is 0 Å². The van der Waals surface area contributed by atoms with Gasteiger partial charge in [0.05, 0.1) is 4.92 Å². The molecule has 0 fully saturated rings. The number of benzene rings is 2. The highest BCUT2D eigenvalue weighted by Gasteiger charge is 2.13. The van der Waals surface area contributed by atoms with E-state index in [1.807, 2.05) is 19.1 Å². The lowest BCUT2D eigenvalue weighted by molar-refractivity contribution is -0.384. The lowest BCUT2D eigenvalue weighted by Crippen LogP contribution is -2.11. The van der Waals surface area contributed by atoms with Gasteiger partial charge >= 0.3 is 5.63 Å². The molecular formula is C22H23NO5. The van der Waals surface area contributed by atoms with Gasteiger partial charge in [-0.2, -0.15) is 0 Å². The topological polar surface area (TPSA) is 82.6 Å². The molecule has 3 rings (SSSR count). The van der Waals surface area contributed by atoms with E-state index in [2.05, 4.69) is 13.8 Å². The molecule has 0 aliphatic rings. The van der Waals surface area contributed by atoms with Gasteiger partial charge < -0.3 is 9.15 Å². The number of fused-ring (bicyclic) bond motifs is 1. The van der Waals surface area contributed by atoms with Gasteiger partial charge in [0.25, 0.3) is 5.69 Å². The minimum atomic E-state index is -0.437. The monoisotopic (exact) mass is 381 g/mol. The SMILES string of the molecule is Cc1c(CCC(C)C)c(=O)oc2cc(OCc3ccc([N+](=O)[O-])cc3)ccc12. The predicted octanol–water partition coefficient (Wildman–Crippen LogP) is 5.18.